The van der Waals surface area contributed by atoms with Crippen molar-refractivity contribution in [2.45, 2.75) is 25.0 Å². The number of carbonyl (C=O) groups excluding carboxylic acids is 1. The third-order valence-electron chi connectivity index (χ3n) is 5.62. The van der Waals surface area contributed by atoms with Gasteiger partial charge in [-0.25, -0.2) is 9.48 Å². The molecule has 0 radical (unpaired) electrons. The summed E-state index contributed by atoms with van der Waals surface area (Å²) >= 11 is 0. The van der Waals surface area contributed by atoms with Crippen molar-refractivity contribution in [2.24, 2.45) is 18.9 Å². The summed E-state index contributed by atoms with van der Waals surface area (Å²) in [5.74, 6) is 2.02. The fourth-order valence-corrected chi connectivity index (χ4v) is 4.22. The number of rotatable bonds is 4. The van der Waals surface area contributed by atoms with Crippen molar-refractivity contribution in [3.63, 3.8) is 0 Å². The number of benzene rings is 1. The van der Waals surface area contributed by atoms with E-state index in [1.807, 2.05) is 7.05 Å². The normalized spacial score (nSPS) is 27.3. The number of anilines is 1. The summed E-state index contributed by atoms with van der Waals surface area (Å²) < 4.78 is 12.5. The summed E-state index contributed by atoms with van der Waals surface area (Å²) in [6.07, 6.45) is 2.31. The molecule has 4 atom stereocenters. The van der Waals surface area contributed by atoms with Crippen LogP contribution in [-0.4, -0.2) is 58.2 Å². The third-order valence-corrected chi connectivity index (χ3v) is 5.62. The minimum atomic E-state index is -0.508. The van der Waals surface area contributed by atoms with Crippen molar-refractivity contribution >= 4 is 11.9 Å². The second-order valence-corrected chi connectivity index (χ2v) is 7.32. The van der Waals surface area contributed by atoms with Crippen LogP contribution in [0.2, 0.25) is 0 Å². The van der Waals surface area contributed by atoms with Crippen molar-refractivity contribution in [3.8, 4) is 5.75 Å². The number of hydrogen-bond acceptors (Lipinski definition) is 7. The zero-order valence-corrected chi connectivity index (χ0v) is 15.5. The van der Waals surface area contributed by atoms with Gasteiger partial charge in [-0.15, -0.1) is 0 Å². The number of methoxy groups -OCH3 is 1. The zero-order chi connectivity index (χ0) is 19.0. The predicted octanol–water partition coefficient (Wildman–Crippen LogP) is 1.26. The smallest absolute Gasteiger partial charge is 0.337 e. The van der Waals surface area contributed by atoms with Crippen LogP contribution in [0, 0.1) is 11.8 Å². The van der Waals surface area contributed by atoms with Crippen LogP contribution < -0.4 is 9.64 Å². The van der Waals surface area contributed by atoms with E-state index in [2.05, 4.69) is 15.0 Å². The van der Waals surface area contributed by atoms with Crippen molar-refractivity contribution < 1.29 is 19.4 Å². The van der Waals surface area contributed by atoms with Crippen LogP contribution in [0.25, 0.3) is 0 Å². The molecular weight excluding hydrogens is 348 g/mol. The summed E-state index contributed by atoms with van der Waals surface area (Å²) in [4.78, 5) is 18.1. The number of esters is 1. The Morgan fingerprint density at radius 3 is 2.52 bits per heavy atom. The van der Waals surface area contributed by atoms with Crippen molar-refractivity contribution in [2.75, 3.05) is 25.1 Å². The van der Waals surface area contributed by atoms with E-state index in [1.54, 1.807) is 35.3 Å². The van der Waals surface area contributed by atoms with E-state index in [0.717, 1.165) is 25.5 Å². The Balaban J connectivity index is 1.41. The number of ether oxygens (including phenoxy) is 2. The molecule has 0 amide bonds. The van der Waals surface area contributed by atoms with Crippen LogP contribution in [0.5, 0.6) is 5.75 Å². The number of nitrogens with zero attached hydrogens (tertiary/aromatic N) is 4. The molecule has 2 aliphatic rings. The highest BCUT2D eigenvalue weighted by Gasteiger charge is 2.43. The van der Waals surface area contributed by atoms with Crippen molar-refractivity contribution in [1.82, 2.24) is 14.8 Å². The Labute approximate surface area is 157 Å². The Morgan fingerprint density at radius 1 is 1.19 bits per heavy atom. The molecular formula is C19H24N4O4. The van der Waals surface area contributed by atoms with E-state index in [4.69, 9.17) is 9.47 Å². The Kier molecular flexibility index (Phi) is 4.73. The molecule has 0 spiro atoms. The average molecular weight is 372 g/mol. The molecule has 2 aromatic rings. The first-order chi connectivity index (χ1) is 13.0. The standard InChI is InChI=1S/C19H24N4O4/c1-22-19(20-11-21-22)23-9-13-7-16(24)17(8-14(13)10-23)27-15-5-3-12(4-6-15)18(25)26-2/h3-6,11,13-14,16-17,24H,7-10H2,1-2H3/t13-,14+,16+,17+/m0/s1. The lowest BCUT2D eigenvalue weighted by Gasteiger charge is -2.35. The minimum absolute atomic E-state index is 0.255. The van der Waals surface area contributed by atoms with Crippen LogP contribution in [-0.2, 0) is 11.8 Å². The molecule has 1 aliphatic carbocycles. The lowest BCUT2D eigenvalue weighted by molar-refractivity contribution is -0.0231. The van der Waals surface area contributed by atoms with Gasteiger partial charge in [-0.2, -0.15) is 10.1 Å². The molecule has 1 aliphatic heterocycles. The van der Waals surface area contributed by atoms with E-state index in [1.165, 1.54) is 7.11 Å². The Bertz CT molecular complexity index is 806. The van der Waals surface area contributed by atoms with E-state index in [9.17, 15) is 9.90 Å². The molecule has 1 aromatic carbocycles. The molecule has 27 heavy (non-hydrogen) atoms. The molecule has 1 saturated heterocycles. The van der Waals surface area contributed by atoms with Crippen LogP contribution in [0.1, 0.15) is 23.2 Å². The van der Waals surface area contributed by atoms with Gasteiger partial charge in [0.1, 0.15) is 18.2 Å². The van der Waals surface area contributed by atoms with E-state index in [0.29, 0.717) is 29.6 Å². The molecule has 144 valence electrons. The fraction of sp³-hybridized carbons (Fsp3) is 0.526. The van der Waals surface area contributed by atoms with Crippen LogP contribution in [0.4, 0.5) is 5.95 Å². The highest BCUT2D eigenvalue weighted by Crippen LogP contribution is 2.39. The molecule has 0 bridgehead atoms. The van der Waals surface area contributed by atoms with E-state index < -0.39 is 6.10 Å². The van der Waals surface area contributed by atoms with Gasteiger partial charge in [0.2, 0.25) is 5.95 Å². The van der Waals surface area contributed by atoms with Crippen molar-refractivity contribution in [3.05, 3.63) is 36.2 Å². The zero-order valence-electron chi connectivity index (χ0n) is 15.5. The number of aliphatic hydroxyl groups excluding tert-OH is 1. The Morgan fingerprint density at radius 2 is 1.89 bits per heavy atom. The van der Waals surface area contributed by atoms with Gasteiger partial charge in [-0.3, -0.25) is 0 Å². The first-order valence-corrected chi connectivity index (χ1v) is 9.17. The highest BCUT2D eigenvalue weighted by atomic mass is 16.5. The van der Waals surface area contributed by atoms with Gasteiger partial charge in [0.15, 0.2) is 0 Å². The minimum Gasteiger partial charge on any atom is -0.488 e. The van der Waals surface area contributed by atoms with Gasteiger partial charge in [0.25, 0.3) is 0 Å². The molecule has 0 unspecified atom stereocenters. The molecule has 1 N–H and O–H groups in total. The molecule has 8 nitrogen and oxygen atoms in total. The molecule has 1 aromatic heterocycles. The quantitative estimate of drug-likeness (QED) is 0.808. The van der Waals surface area contributed by atoms with Gasteiger partial charge in [-0.05, 0) is 48.9 Å². The predicted molar refractivity (Wildman–Crippen MR) is 97.6 cm³/mol. The monoisotopic (exact) mass is 372 g/mol. The van der Waals surface area contributed by atoms with Crippen LogP contribution in [0.3, 0.4) is 0 Å². The third kappa shape index (κ3) is 3.49. The maximum atomic E-state index is 11.5. The van der Waals surface area contributed by atoms with Gasteiger partial charge in [0.05, 0.1) is 18.8 Å². The number of carbonyl (C=O) groups is 1. The van der Waals surface area contributed by atoms with Crippen LogP contribution >= 0.6 is 0 Å². The van der Waals surface area contributed by atoms with Gasteiger partial charge in [-0.1, -0.05) is 0 Å². The highest BCUT2D eigenvalue weighted by molar-refractivity contribution is 5.89. The molecule has 8 heteroatoms. The van der Waals surface area contributed by atoms with E-state index >= 15 is 0 Å². The molecule has 1 saturated carbocycles. The summed E-state index contributed by atoms with van der Waals surface area (Å²) in [6, 6.07) is 6.83. The summed E-state index contributed by atoms with van der Waals surface area (Å²) in [5.41, 5.74) is 0.476. The summed E-state index contributed by atoms with van der Waals surface area (Å²) in [6.45, 7) is 1.78. The van der Waals surface area contributed by atoms with E-state index in [-0.39, 0.29) is 12.1 Å². The fourth-order valence-electron chi connectivity index (χ4n) is 4.22. The number of hydrogen-bond donors (Lipinski definition) is 1. The Hall–Kier alpha value is -2.61. The van der Waals surface area contributed by atoms with Gasteiger partial charge >= 0.3 is 5.97 Å². The number of aryl methyl sites for hydroxylation is 1. The molecule has 2 heterocycles. The SMILES string of the molecule is COC(=O)c1ccc(O[C@@H]2C[C@@H]3CN(c4ncnn4C)C[C@@H]3C[C@H]2O)cc1. The largest absolute Gasteiger partial charge is 0.488 e. The second kappa shape index (κ2) is 7.19. The number of aliphatic hydroxyl groups is 1. The number of aromatic nitrogens is 3. The summed E-state index contributed by atoms with van der Waals surface area (Å²) in [7, 11) is 3.25. The second-order valence-electron chi connectivity index (χ2n) is 7.32. The maximum absolute atomic E-state index is 11.5. The number of fused-ring (bicyclic) bond motifs is 1. The summed E-state index contributed by atoms with van der Waals surface area (Å²) in [5, 5.41) is 14.7. The van der Waals surface area contributed by atoms with Gasteiger partial charge < -0.3 is 19.5 Å². The lowest BCUT2D eigenvalue weighted by atomic mass is 9.78. The van der Waals surface area contributed by atoms with Crippen LogP contribution in [0.15, 0.2) is 30.6 Å². The topological polar surface area (TPSA) is 89.7 Å². The first-order valence-electron chi connectivity index (χ1n) is 9.17. The molecule has 4 rings (SSSR count). The van der Waals surface area contributed by atoms with Crippen molar-refractivity contribution in [1.29, 1.82) is 0 Å². The average Bonchev–Trinajstić information content (AvgIpc) is 3.27. The maximum Gasteiger partial charge on any atom is 0.337 e. The van der Waals surface area contributed by atoms with Gasteiger partial charge in [0, 0.05) is 20.1 Å². The first kappa shape index (κ1) is 17.8. The molecule has 2 fully saturated rings. The lowest BCUT2D eigenvalue weighted by Crippen LogP contribution is -2.42.